The van der Waals surface area contributed by atoms with E-state index in [2.05, 4.69) is 20.2 Å². The molecule has 0 radical (unpaired) electrons. The Labute approximate surface area is 206 Å². The number of anilines is 2. The SMILES string of the molecule is COc1ccc(-c2nc(N3CCOCC3)c3nc(CNc4ncc(C(=O)NO)cn4)n(C)c3n2)cc1. The average molecular weight is 492 g/mol. The van der Waals surface area contributed by atoms with Gasteiger partial charge in [0.1, 0.15) is 11.6 Å². The fourth-order valence-electron chi connectivity index (χ4n) is 3.87. The van der Waals surface area contributed by atoms with Crippen LogP contribution in [0.2, 0.25) is 0 Å². The molecule has 1 aromatic carbocycles. The maximum Gasteiger partial charge on any atom is 0.277 e. The number of aromatic nitrogens is 6. The third-order valence-electron chi connectivity index (χ3n) is 5.87. The molecule has 36 heavy (non-hydrogen) atoms. The summed E-state index contributed by atoms with van der Waals surface area (Å²) in [7, 11) is 3.53. The molecule has 4 aromatic rings. The number of hydrogen-bond acceptors (Lipinski definition) is 11. The van der Waals surface area contributed by atoms with Gasteiger partial charge in [0, 0.05) is 38.1 Å². The van der Waals surface area contributed by atoms with E-state index in [1.807, 2.05) is 35.9 Å². The number of nitrogens with zero attached hydrogens (tertiary/aromatic N) is 7. The van der Waals surface area contributed by atoms with Crippen LogP contribution in [0.4, 0.5) is 11.8 Å². The van der Waals surface area contributed by atoms with Crippen molar-refractivity contribution in [2.45, 2.75) is 6.54 Å². The van der Waals surface area contributed by atoms with Crippen LogP contribution in [0, 0.1) is 0 Å². The molecule has 0 bridgehead atoms. The number of nitrogens with one attached hydrogen (secondary N) is 2. The number of hydrogen-bond donors (Lipinski definition) is 3. The van der Waals surface area contributed by atoms with Gasteiger partial charge >= 0.3 is 0 Å². The van der Waals surface area contributed by atoms with Crippen LogP contribution in [-0.4, -0.2) is 74.0 Å². The van der Waals surface area contributed by atoms with Gasteiger partial charge in [-0.05, 0) is 24.3 Å². The van der Waals surface area contributed by atoms with Crippen LogP contribution in [0.3, 0.4) is 0 Å². The molecule has 0 spiro atoms. The van der Waals surface area contributed by atoms with Crippen molar-refractivity contribution in [3.05, 3.63) is 48.0 Å². The fourth-order valence-corrected chi connectivity index (χ4v) is 3.87. The Bertz CT molecular complexity index is 1370. The van der Waals surface area contributed by atoms with Crippen LogP contribution in [0.15, 0.2) is 36.7 Å². The van der Waals surface area contributed by atoms with Crippen molar-refractivity contribution in [2.75, 3.05) is 43.6 Å². The third-order valence-corrected chi connectivity index (χ3v) is 5.87. The zero-order chi connectivity index (χ0) is 25.1. The molecule has 13 nitrogen and oxygen atoms in total. The number of methoxy groups -OCH3 is 1. The summed E-state index contributed by atoms with van der Waals surface area (Å²) in [5, 5.41) is 11.8. The molecule has 1 aliphatic rings. The highest BCUT2D eigenvalue weighted by molar-refractivity contribution is 5.92. The fraction of sp³-hybridized carbons (Fsp3) is 0.304. The number of carbonyl (C=O) groups excluding carboxylic acids is 1. The minimum absolute atomic E-state index is 0.141. The number of morpholine rings is 1. The summed E-state index contributed by atoms with van der Waals surface area (Å²) in [4.78, 5) is 36.4. The second-order valence-corrected chi connectivity index (χ2v) is 8.05. The summed E-state index contributed by atoms with van der Waals surface area (Å²) in [6, 6.07) is 7.62. The van der Waals surface area contributed by atoms with Crippen molar-refractivity contribution in [1.29, 1.82) is 0 Å². The lowest BCUT2D eigenvalue weighted by Gasteiger charge is -2.28. The van der Waals surface area contributed by atoms with Gasteiger partial charge in [-0.25, -0.2) is 30.4 Å². The number of amides is 1. The summed E-state index contributed by atoms with van der Waals surface area (Å²) >= 11 is 0. The minimum Gasteiger partial charge on any atom is -0.497 e. The monoisotopic (exact) mass is 491 g/mol. The van der Waals surface area contributed by atoms with Gasteiger partial charge in [0.05, 0.1) is 32.4 Å². The van der Waals surface area contributed by atoms with Gasteiger partial charge in [0.25, 0.3) is 5.91 Å². The number of ether oxygens (including phenoxy) is 2. The Kier molecular flexibility index (Phi) is 6.56. The summed E-state index contributed by atoms with van der Waals surface area (Å²) < 4.78 is 12.7. The number of aryl methyl sites for hydroxylation is 1. The van der Waals surface area contributed by atoms with Crippen LogP contribution in [0.1, 0.15) is 16.2 Å². The maximum absolute atomic E-state index is 11.5. The number of benzene rings is 1. The van der Waals surface area contributed by atoms with E-state index in [4.69, 9.17) is 29.6 Å². The van der Waals surface area contributed by atoms with Gasteiger partial charge in [-0.2, -0.15) is 0 Å². The lowest BCUT2D eigenvalue weighted by molar-refractivity contribution is 0.0705. The highest BCUT2D eigenvalue weighted by Gasteiger charge is 2.22. The Morgan fingerprint density at radius 1 is 1.11 bits per heavy atom. The first kappa shape index (κ1) is 23.4. The molecule has 1 amide bonds. The molecular weight excluding hydrogens is 466 g/mol. The quantitative estimate of drug-likeness (QED) is 0.254. The summed E-state index contributed by atoms with van der Waals surface area (Å²) in [5.41, 5.74) is 3.96. The van der Waals surface area contributed by atoms with E-state index >= 15 is 0 Å². The number of hydroxylamine groups is 1. The highest BCUT2D eigenvalue weighted by atomic mass is 16.5. The van der Waals surface area contributed by atoms with Gasteiger partial charge in [-0.3, -0.25) is 10.0 Å². The van der Waals surface area contributed by atoms with Gasteiger partial charge in [-0.1, -0.05) is 0 Å². The largest absolute Gasteiger partial charge is 0.497 e. The maximum atomic E-state index is 11.5. The molecule has 5 rings (SSSR count). The molecule has 1 fully saturated rings. The van der Waals surface area contributed by atoms with E-state index in [-0.39, 0.29) is 5.56 Å². The number of fused-ring (bicyclic) bond motifs is 1. The van der Waals surface area contributed by atoms with Crippen LogP contribution in [-0.2, 0) is 18.3 Å². The number of rotatable bonds is 7. The van der Waals surface area contributed by atoms with Crippen LogP contribution >= 0.6 is 0 Å². The highest BCUT2D eigenvalue weighted by Crippen LogP contribution is 2.29. The number of imidazole rings is 1. The van der Waals surface area contributed by atoms with Crippen LogP contribution in [0.25, 0.3) is 22.6 Å². The normalized spacial score (nSPS) is 13.6. The van der Waals surface area contributed by atoms with Gasteiger partial charge < -0.3 is 24.3 Å². The first-order chi connectivity index (χ1) is 17.6. The lowest BCUT2D eigenvalue weighted by Crippen LogP contribution is -2.37. The zero-order valence-electron chi connectivity index (χ0n) is 19.8. The van der Waals surface area contributed by atoms with E-state index in [0.29, 0.717) is 61.6 Å². The van der Waals surface area contributed by atoms with Crippen molar-refractivity contribution in [1.82, 2.24) is 35.0 Å². The second kappa shape index (κ2) is 10.1. The van der Waals surface area contributed by atoms with Crippen LogP contribution < -0.4 is 20.4 Å². The molecule has 3 N–H and O–H groups in total. The molecule has 4 heterocycles. The Hall–Kier alpha value is -4.36. The Morgan fingerprint density at radius 3 is 2.50 bits per heavy atom. The summed E-state index contributed by atoms with van der Waals surface area (Å²) in [5.74, 6) is 2.45. The lowest BCUT2D eigenvalue weighted by atomic mass is 10.2. The van der Waals surface area contributed by atoms with Crippen molar-refractivity contribution in [2.24, 2.45) is 7.05 Å². The van der Waals surface area contributed by atoms with Crippen molar-refractivity contribution >= 4 is 28.8 Å². The van der Waals surface area contributed by atoms with E-state index in [9.17, 15) is 4.79 Å². The van der Waals surface area contributed by atoms with Crippen LogP contribution in [0.5, 0.6) is 5.75 Å². The molecule has 13 heteroatoms. The molecule has 0 aliphatic carbocycles. The second-order valence-electron chi connectivity index (χ2n) is 8.05. The number of carbonyl (C=O) groups is 1. The molecule has 1 saturated heterocycles. The Morgan fingerprint density at radius 2 is 1.83 bits per heavy atom. The molecular formula is C23H25N9O4. The minimum atomic E-state index is -0.682. The molecule has 0 unspecified atom stereocenters. The first-order valence-electron chi connectivity index (χ1n) is 11.3. The van der Waals surface area contributed by atoms with E-state index in [0.717, 1.165) is 17.1 Å². The Balaban J connectivity index is 1.48. The molecule has 1 aliphatic heterocycles. The smallest absolute Gasteiger partial charge is 0.277 e. The third kappa shape index (κ3) is 4.61. The van der Waals surface area contributed by atoms with Crippen molar-refractivity contribution < 1.29 is 19.5 Å². The zero-order valence-corrected chi connectivity index (χ0v) is 19.8. The molecule has 186 valence electrons. The standard InChI is InChI=1S/C23H25N9O4/c1-31-17(13-26-23-24-11-15(12-25-23)22(33)30-34)27-18-20(31)28-19(14-3-5-16(35-2)6-4-14)29-21(18)32-7-9-36-10-8-32/h3-6,11-12,34H,7-10,13H2,1-2H3,(H,30,33)(H,24,25,26). The topological polar surface area (TPSA) is 152 Å². The van der Waals surface area contributed by atoms with Crippen molar-refractivity contribution in [3.63, 3.8) is 0 Å². The first-order valence-corrected chi connectivity index (χ1v) is 11.3. The van der Waals surface area contributed by atoms with Gasteiger partial charge in [0.15, 0.2) is 22.8 Å². The molecule has 0 atom stereocenters. The van der Waals surface area contributed by atoms with E-state index in [1.54, 1.807) is 12.6 Å². The van der Waals surface area contributed by atoms with E-state index in [1.165, 1.54) is 12.4 Å². The van der Waals surface area contributed by atoms with Gasteiger partial charge in [-0.15, -0.1) is 0 Å². The molecule has 3 aromatic heterocycles. The molecule has 0 saturated carbocycles. The summed E-state index contributed by atoms with van der Waals surface area (Å²) in [6.07, 6.45) is 2.64. The van der Waals surface area contributed by atoms with Crippen molar-refractivity contribution in [3.8, 4) is 17.1 Å². The summed E-state index contributed by atoms with van der Waals surface area (Å²) in [6.45, 7) is 2.97. The van der Waals surface area contributed by atoms with E-state index < -0.39 is 5.91 Å². The average Bonchev–Trinajstić information content (AvgIpc) is 3.26. The predicted molar refractivity (Wildman–Crippen MR) is 130 cm³/mol. The van der Waals surface area contributed by atoms with Gasteiger partial charge in [0.2, 0.25) is 5.95 Å². The predicted octanol–water partition coefficient (Wildman–Crippen LogP) is 1.40.